The van der Waals surface area contributed by atoms with Crippen LogP contribution in [0.15, 0.2) is 54.6 Å². The molecule has 98 valence electrons. The van der Waals surface area contributed by atoms with E-state index in [1.807, 2.05) is 0 Å². The van der Waals surface area contributed by atoms with Gasteiger partial charge in [0.25, 0.3) is 0 Å². The maximum atomic E-state index is 4.10. The normalized spacial score (nSPS) is 16.6. The third-order valence-electron chi connectivity index (χ3n) is 3.80. The summed E-state index contributed by atoms with van der Waals surface area (Å²) in [5, 5.41) is 0. The highest BCUT2D eigenvalue weighted by atomic mass is 15.2. The monoisotopic (exact) mass is 252 g/mol. The number of hydrogen-bond donors (Lipinski definition) is 1. The molecule has 0 amide bonds. The lowest BCUT2D eigenvalue weighted by Crippen LogP contribution is -3.10. The molecule has 0 spiro atoms. The van der Waals surface area contributed by atoms with E-state index in [-0.39, 0.29) is 0 Å². The quantitative estimate of drug-likeness (QED) is 0.802. The highest BCUT2D eigenvalue weighted by molar-refractivity contribution is 5.78. The molecule has 1 saturated heterocycles. The summed E-state index contributed by atoms with van der Waals surface area (Å²) >= 11 is 0. The fraction of sp³-hybridized carbons (Fsp3) is 0.235. The predicted octanol–water partition coefficient (Wildman–Crippen LogP) is 1.85. The highest BCUT2D eigenvalue weighted by Crippen LogP contribution is 2.30. The molecule has 2 nitrogen and oxygen atoms in total. The number of nitrogens with one attached hydrogen (secondary N) is 1. The van der Waals surface area contributed by atoms with E-state index < -0.39 is 0 Å². The van der Waals surface area contributed by atoms with Crippen LogP contribution < -0.4 is 9.80 Å². The molecule has 0 saturated carbocycles. The first-order valence-corrected chi connectivity index (χ1v) is 6.90. The summed E-state index contributed by atoms with van der Waals surface area (Å²) in [5.41, 5.74) is 3.97. The SMILES string of the molecule is [CH2-][NH+]1CCN(c2ccccc2-c2ccccc2)CC1. The first-order chi connectivity index (χ1) is 9.34. The van der Waals surface area contributed by atoms with Crippen molar-refractivity contribution in [3.63, 3.8) is 0 Å². The van der Waals surface area contributed by atoms with Crippen molar-refractivity contribution in [3.8, 4) is 11.1 Å². The first kappa shape index (κ1) is 12.2. The van der Waals surface area contributed by atoms with E-state index in [0.717, 1.165) is 26.2 Å². The summed E-state index contributed by atoms with van der Waals surface area (Å²) in [6, 6.07) is 19.3. The number of anilines is 1. The summed E-state index contributed by atoms with van der Waals surface area (Å²) in [5.74, 6) is 0. The molecular formula is C17H20N2. The second-order valence-corrected chi connectivity index (χ2v) is 5.12. The topological polar surface area (TPSA) is 7.68 Å². The zero-order valence-corrected chi connectivity index (χ0v) is 11.2. The van der Waals surface area contributed by atoms with E-state index in [1.54, 1.807) is 0 Å². The molecule has 3 rings (SSSR count). The van der Waals surface area contributed by atoms with Crippen LogP contribution in [0.25, 0.3) is 11.1 Å². The summed E-state index contributed by atoms with van der Waals surface area (Å²) in [6.45, 7) is 4.40. The number of para-hydroxylation sites is 1. The van der Waals surface area contributed by atoms with Gasteiger partial charge in [-0.25, -0.2) is 0 Å². The lowest BCUT2D eigenvalue weighted by atomic mass is 10.0. The minimum absolute atomic E-state index is 1.09. The van der Waals surface area contributed by atoms with Gasteiger partial charge in [-0.1, -0.05) is 48.5 Å². The van der Waals surface area contributed by atoms with Crippen molar-refractivity contribution in [1.82, 2.24) is 0 Å². The van der Waals surface area contributed by atoms with Gasteiger partial charge in [0.05, 0.1) is 26.2 Å². The Morgan fingerprint density at radius 3 is 2.21 bits per heavy atom. The largest absolute Gasteiger partial charge is 0.465 e. The van der Waals surface area contributed by atoms with Crippen LogP contribution in [-0.4, -0.2) is 26.2 Å². The molecule has 0 aliphatic carbocycles. The molecule has 0 unspecified atom stereocenters. The third kappa shape index (κ3) is 2.64. The van der Waals surface area contributed by atoms with Crippen molar-refractivity contribution in [1.29, 1.82) is 0 Å². The molecule has 2 aromatic rings. The van der Waals surface area contributed by atoms with Crippen molar-refractivity contribution in [2.75, 3.05) is 31.1 Å². The third-order valence-corrected chi connectivity index (χ3v) is 3.80. The summed E-state index contributed by atoms with van der Waals surface area (Å²) in [4.78, 5) is 3.87. The molecular weight excluding hydrogens is 232 g/mol. The zero-order valence-electron chi connectivity index (χ0n) is 11.2. The Hall–Kier alpha value is -1.80. The summed E-state index contributed by atoms with van der Waals surface area (Å²) in [7, 11) is 4.10. The fourth-order valence-electron chi connectivity index (χ4n) is 2.68. The minimum atomic E-state index is 1.09. The molecule has 1 heterocycles. The van der Waals surface area contributed by atoms with Gasteiger partial charge in [0.2, 0.25) is 0 Å². The van der Waals surface area contributed by atoms with Crippen LogP contribution in [0.4, 0.5) is 5.69 Å². The van der Waals surface area contributed by atoms with Gasteiger partial charge >= 0.3 is 0 Å². The van der Waals surface area contributed by atoms with Crippen LogP contribution >= 0.6 is 0 Å². The van der Waals surface area contributed by atoms with Gasteiger partial charge in [0.1, 0.15) is 0 Å². The Balaban J connectivity index is 1.94. The van der Waals surface area contributed by atoms with E-state index in [2.05, 4.69) is 66.5 Å². The van der Waals surface area contributed by atoms with E-state index in [4.69, 9.17) is 0 Å². The number of hydrogen-bond acceptors (Lipinski definition) is 1. The highest BCUT2D eigenvalue weighted by Gasteiger charge is 2.17. The van der Waals surface area contributed by atoms with Crippen molar-refractivity contribution < 1.29 is 4.90 Å². The Labute approximate surface area is 115 Å². The molecule has 0 radical (unpaired) electrons. The molecule has 1 aliphatic rings. The van der Waals surface area contributed by atoms with Crippen molar-refractivity contribution >= 4 is 5.69 Å². The maximum Gasteiger partial charge on any atom is 0.0709 e. The van der Waals surface area contributed by atoms with Gasteiger partial charge in [-0.3, -0.25) is 0 Å². The lowest BCUT2D eigenvalue weighted by Gasteiger charge is -2.36. The molecule has 1 aliphatic heterocycles. The minimum Gasteiger partial charge on any atom is -0.465 e. The van der Waals surface area contributed by atoms with Crippen LogP contribution in [-0.2, 0) is 0 Å². The summed E-state index contributed by atoms with van der Waals surface area (Å²) in [6.07, 6.45) is 0. The molecule has 0 aromatic heterocycles. The van der Waals surface area contributed by atoms with E-state index in [1.165, 1.54) is 21.7 Å². The first-order valence-electron chi connectivity index (χ1n) is 6.90. The predicted molar refractivity (Wildman–Crippen MR) is 80.1 cm³/mol. The van der Waals surface area contributed by atoms with Crippen LogP contribution in [0.1, 0.15) is 0 Å². The number of benzene rings is 2. The lowest BCUT2D eigenvalue weighted by molar-refractivity contribution is -0.854. The van der Waals surface area contributed by atoms with Crippen LogP contribution in [0.2, 0.25) is 0 Å². The smallest absolute Gasteiger partial charge is 0.0709 e. The summed E-state index contributed by atoms with van der Waals surface area (Å²) < 4.78 is 0. The van der Waals surface area contributed by atoms with Crippen LogP contribution in [0, 0.1) is 7.05 Å². The number of piperazine rings is 1. The number of nitrogens with zero attached hydrogens (tertiary/aromatic N) is 1. The Bertz CT molecular complexity index is 528. The molecule has 0 atom stereocenters. The molecule has 19 heavy (non-hydrogen) atoms. The maximum absolute atomic E-state index is 4.10. The van der Waals surface area contributed by atoms with Gasteiger partial charge in [0, 0.05) is 11.3 Å². The second kappa shape index (κ2) is 5.45. The second-order valence-electron chi connectivity index (χ2n) is 5.12. The van der Waals surface area contributed by atoms with Crippen molar-refractivity contribution in [2.24, 2.45) is 0 Å². The van der Waals surface area contributed by atoms with E-state index >= 15 is 0 Å². The van der Waals surface area contributed by atoms with Gasteiger partial charge in [-0.2, -0.15) is 7.05 Å². The molecule has 0 bridgehead atoms. The van der Waals surface area contributed by atoms with Gasteiger partial charge < -0.3 is 9.80 Å². The van der Waals surface area contributed by atoms with E-state index in [0.29, 0.717) is 0 Å². The molecule has 1 fully saturated rings. The van der Waals surface area contributed by atoms with Crippen molar-refractivity contribution in [2.45, 2.75) is 0 Å². The van der Waals surface area contributed by atoms with Crippen LogP contribution in [0.3, 0.4) is 0 Å². The zero-order chi connectivity index (χ0) is 13.1. The Kier molecular flexibility index (Phi) is 3.51. The molecule has 2 heteroatoms. The fourth-order valence-corrected chi connectivity index (χ4v) is 2.68. The average molecular weight is 252 g/mol. The number of quaternary nitrogens is 1. The standard InChI is InChI=1S/C17H20N2/c1-18-11-13-19(14-12-18)17-10-6-5-9-16(17)15-7-3-2-4-8-15/h2-10,18H,1,11-14H2. The van der Waals surface area contributed by atoms with Gasteiger partial charge in [-0.15, -0.1) is 0 Å². The van der Waals surface area contributed by atoms with Crippen molar-refractivity contribution in [3.05, 3.63) is 61.6 Å². The van der Waals surface area contributed by atoms with Gasteiger partial charge in [-0.05, 0) is 11.6 Å². The Morgan fingerprint density at radius 1 is 0.842 bits per heavy atom. The van der Waals surface area contributed by atoms with Gasteiger partial charge in [0.15, 0.2) is 0 Å². The molecule has 1 N–H and O–H groups in total. The molecule has 2 aromatic carbocycles. The average Bonchev–Trinajstić information content (AvgIpc) is 2.49. The van der Waals surface area contributed by atoms with E-state index in [9.17, 15) is 0 Å². The van der Waals surface area contributed by atoms with Crippen LogP contribution in [0.5, 0.6) is 0 Å². The Morgan fingerprint density at radius 2 is 1.47 bits per heavy atom. The number of rotatable bonds is 2.